The largest absolute Gasteiger partial charge is 0.351 e. The minimum Gasteiger partial charge on any atom is -0.351 e. The molecule has 0 spiro atoms. The van der Waals surface area contributed by atoms with Crippen molar-refractivity contribution in [3.63, 3.8) is 0 Å². The van der Waals surface area contributed by atoms with Crippen molar-refractivity contribution in [2.24, 2.45) is 0 Å². The molecule has 0 bridgehead atoms. The Hall–Kier alpha value is -0.870. The topological polar surface area (TPSA) is 41.1 Å². The highest BCUT2D eigenvalue weighted by molar-refractivity contribution is 7.13. The molecule has 2 heterocycles. The summed E-state index contributed by atoms with van der Waals surface area (Å²) in [4.78, 5) is 13.7. The van der Waals surface area contributed by atoms with Gasteiger partial charge in [0.1, 0.15) is 0 Å². The standard InChI is InChI=1S/C12H18N2OS/c1-9-4-5-11(16-9)12(15)14-8-6-10-3-2-7-13-10/h4-5,10,13H,2-3,6-8H2,1H3,(H,14,15). The minimum atomic E-state index is 0.0658. The van der Waals surface area contributed by atoms with Crippen LogP contribution < -0.4 is 10.6 Å². The average molecular weight is 238 g/mol. The monoisotopic (exact) mass is 238 g/mol. The smallest absolute Gasteiger partial charge is 0.261 e. The molecular weight excluding hydrogens is 220 g/mol. The molecule has 0 saturated carbocycles. The summed E-state index contributed by atoms with van der Waals surface area (Å²) in [6, 6.07) is 4.48. The van der Waals surface area contributed by atoms with Gasteiger partial charge in [-0.15, -0.1) is 11.3 Å². The van der Waals surface area contributed by atoms with Crippen LogP contribution in [0, 0.1) is 6.92 Å². The van der Waals surface area contributed by atoms with Gasteiger partial charge >= 0.3 is 0 Å². The SMILES string of the molecule is Cc1ccc(C(=O)NCCC2CCCN2)s1. The first-order chi connectivity index (χ1) is 7.75. The molecule has 1 saturated heterocycles. The summed E-state index contributed by atoms with van der Waals surface area (Å²) in [5, 5.41) is 6.40. The number of rotatable bonds is 4. The number of nitrogens with one attached hydrogen (secondary N) is 2. The first-order valence-corrected chi connectivity index (χ1v) is 6.65. The summed E-state index contributed by atoms with van der Waals surface area (Å²) >= 11 is 1.55. The van der Waals surface area contributed by atoms with Crippen molar-refractivity contribution in [3.05, 3.63) is 21.9 Å². The van der Waals surface area contributed by atoms with Crippen molar-refractivity contribution in [2.45, 2.75) is 32.2 Å². The molecule has 1 unspecified atom stereocenters. The van der Waals surface area contributed by atoms with Crippen LogP contribution in [0.25, 0.3) is 0 Å². The lowest BCUT2D eigenvalue weighted by atomic mass is 10.1. The Balaban J connectivity index is 1.71. The van der Waals surface area contributed by atoms with Gasteiger partial charge in [0.15, 0.2) is 0 Å². The van der Waals surface area contributed by atoms with E-state index in [0.717, 1.165) is 24.4 Å². The van der Waals surface area contributed by atoms with Gasteiger partial charge in [0.05, 0.1) is 4.88 Å². The molecule has 2 rings (SSSR count). The summed E-state index contributed by atoms with van der Waals surface area (Å²) in [7, 11) is 0. The molecule has 0 aromatic carbocycles. The Labute approximate surface area is 100 Å². The molecule has 2 N–H and O–H groups in total. The molecule has 88 valence electrons. The van der Waals surface area contributed by atoms with Crippen LogP contribution in [0.3, 0.4) is 0 Å². The summed E-state index contributed by atoms with van der Waals surface area (Å²) < 4.78 is 0. The van der Waals surface area contributed by atoms with Gasteiger partial charge in [-0.25, -0.2) is 0 Å². The van der Waals surface area contributed by atoms with Gasteiger partial charge in [-0.05, 0) is 44.9 Å². The van der Waals surface area contributed by atoms with Crippen molar-refractivity contribution in [3.8, 4) is 0 Å². The first kappa shape index (κ1) is 11.6. The van der Waals surface area contributed by atoms with Gasteiger partial charge in [0.25, 0.3) is 5.91 Å². The van der Waals surface area contributed by atoms with Gasteiger partial charge in [0.2, 0.25) is 0 Å². The normalized spacial score (nSPS) is 19.9. The number of amides is 1. The third kappa shape index (κ3) is 3.06. The maximum atomic E-state index is 11.7. The minimum absolute atomic E-state index is 0.0658. The third-order valence-electron chi connectivity index (χ3n) is 2.90. The molecule has 0 aliphatic carbocycles. The summed E-state index contributed by atoms with van der Waals surface area (Å²) in [6.07, 6.45) is 3.55. The van der Waals surface area contributed by atoms with E-state index in [-0.39, 0.29) is 5.91 Å². The zero-order valence-electron chi connectivity index (χ0n) is 9.58. The number of aryl methyl sites for hydroxylation is 1. The van der Waals surface area contributed by atoms with E-state index in [1.165, 1.54) is 17.7 Å². The fraction of sp³-hybridized carbons (Fsp3) is 0.583. The number of carbonyl (C=O) groups is 1. The highest BCUT2D eigenvalue weighted by atomic mass is 32.1. The van der Waals surface area contributed by atoms with Crippen LogP contribution in [0.4, 0.5) is 0 Å². The predicted octanol–water partition coefficient (Wildman–Crippen LogP) is 1.93. The molecule has 3 nitrogen and oxygen atoms in total. The van der Waals surface area contributed by atoms with Gasteiger partial charge in [-0.3, -0.25) is 4.79 Å². The molecule has 0 radical (unpaired) electrons. The molecule has 1 fully saturated rings. The fourth-order valence-corrected chi connectivity index (χ4v) is 2.79. The van der Waals surface area contributed by atoms with E-state index in [1.54, 1.807) is 11.3 Å². The van der Waals surface area contributed by atoms with E-state index in [1.807, 2.05) is 19.1 Å². The second-order valence-electron chi connectivity index (χ2n) is 4.25. The first-order valence-electron chi connectivity index (χ1n) is 5.84. The summed E-state index contributed by atoms with van der Waals surface area (Å²) in [5.41, 5.74) is 0. The zero-order chi connectivity index (χ0) is 11.4. The van der Waals surface area contributed by atoms with Crippen LogP contribution in [0.5, 0.6) is 0 Å². The molecule has 1 aromatic heterocycles. The number of thiophene rings is 1. The molecule has 1 aliphatic rings. The maximum Gasteiger partial charge on any atom is 0.261 e. The van der Waals surface area contributed by atoms with Gasteiger partial charge in [0, 0.05) is 17.5 Å². The van der Waals surface area contributed by atoms with E-state index < -0.39 is 0 Å². The number of hydrogen-bond donors (Lipinski definition) is 2. The second-order valence-corrected chi connectivity index (χ2v) is 5.54. The maximum absolute atomic E-state index is 11.7. The van der Waals surface area contributed by atoms with E-state index in [0.29, 0.717) is 6.04 Å². The van der Waals surface area contributed by atoms with Gasteiger partial charge in [-0.1, -0.05) is 0 Å². The third-order valence-corrected chi connectivity index (χ3v) is 3.90. The van der Waals surface area contributed by atoms with Gasteiger partial charge in [-0.2, -0.15) is 0 Å². The number of hydrogen-bond acceptors (Lipinski definition) is 3. The van der Waals surface area contributed by atoms with Crippen molar-refractivity contribution in [2.75, 3.05) is 13.1 Å². The van der Waals surface area contributed by atoms with E-state index >= 15 is 0 Å². The molecule has 1 amide bonds. The van der Waals surface area contributed by atoms with Crippen LogP contribution in [-0.4, -0.2) is 25.0 Å². The van der Waals surface area contributed by atoms with E-state index in [2.05, 4.69) is 10.6 Å². The van der Waals surface area contributed by atoms with Crippen LogP contribution in [0.2, 0.25) is 0 Å². The second kappa shape index (κ2) is 5.46. The zero-order valence-corrected chi connectivity index (χ0v) is 10.4. The van der Waals surface area contributed by atoms with Gasteiger partial charge < -0.3 is 10.6 Å². The van der Waals surface area contributed by atoms with Crippen molar-refractivity contribution >= 4 is 17.2 Å². The fourth-order valence-electron chi connectivity index (χ4n) is 2.01. The average Bonchev–Trinajstić information content (AvgIpc) is 2.89. The Morgan fingerprint density at radius 1 is 1.62 bits per heavy atom. The predicted molar refractivity (Wildman–Crippen MR) is 67.0 cm³/mol. The molecule has 4 heteroatoms. The van der Waals surface area contributed by atoms with E-state index in [9.17, 15) is 4.79 Å². The van der Waals surface area contributed by atoms with Crippen LogP contribution in [-0.2, 0) is 0 Å². The lowest BCUT2D eigenvalue weighted by Gasteiger charge is -2.09. The van der Waals surface area contributed by atoms with Crippen molar-refractivity contribution in [1.82, 2.24) is 10.6 Å². The van der Waals surface area contributed by atoms with Crippen molar-refractivity contribution < 1.29 is 4.79 Å². The Morgan fingerprint density at radius 3 is 3.12 bits per heavy atom. The Kier molecular flexibility index (Phi) is 3.96. The van der Waals surface area contributed by atoms with Crippen molar-refractivity contribution in [1.29, 1.82) is 0 Å². The quantitative estimate of drug-likeness (QED) is 0.841. The molecular formula is C12H18N2OS. The molecule has 1 aliphatic heterocycles. The Bertz CT molecular complexity index is 356. The summed E-state index contributed by atoms with van der Waals surface area (Å²) in [5.74, 6) is 0.0658. The van der Waals surface area contributed by atoms with Crippen LogP contribution >= 0.6 is 11.3 Å². The lowest BCUT2D eigenvalue weighted by Crippen LogP contribution is -2.30. The highest BCUT2D eigenvalue weighted by Crippen LogP contribution is 2.14. The molecule has 16 heavy (non-hydrogen) atoms. The number of carbonyl (C=O) groups excluding carboxylic acids is 1. The van der Waals surface area contributed by atoms with Crippen LogP contribution in [0.1, 0.15) is 33.8 Å². The molecule has 1 aromatic rings. The van der Waals surface area contributed by atoms with Crippen LogP contribution in [0.15, 0.2) is 12.1 Å². The lowest BCUT2D eigenvalue weighted by molar-refractivity contribution is 0.0956. The highest BCUT2D eigenvalue weighted by Gasteiger charge is 2.14. The Morgan fingerprint density at radius 2 is 2.50 bits per heavy atom. The summed E-state index contributed by atoms with van der Waals surface area (Å²) in [6.45, 7) is 3.92. The van der Waals surface area contributed by atoms with E-state index in [4.69, 9.17) is 0 Å². The molecule has 1 atom stereocenters.